The van der Waals surface area contributed by atoms with E-state index in [0.717, 1.165) is 41.2 Å². The standard InChI is InChI=1S/C24H25NO3/c1-24(2,3)28-23(26)25-17-9-10-18(25)13-16(12-17)15-8-11-22-20(14-15)19-6-4-5-7-21(19)27-22/h4-8,11-12,14,17-18H,9-10,13H2,1-3H3. The fourth-order valence-corrected chi connectivity index (χ4v) is 4.57. The van der Waals surface area contributed by atoms with Crippen molar-refractivity contribution < 1.29 is 13.9 Å². The van der Waals surface area contributed by atoms with Gasteiger partial charge in [-0.05, 0) is 69.4 Å². The highest BCUT2D eigenvalue weighted by Gasteiger charge is 2.41. The van der Waals surface area contributed by atoms with Crippen LogP contribution in [0.4, 0.5) is 4.79 Å². The Morgan fingerprint density at radius 1 is 1.07 bits per heavy atom. The number of ether oxygens (including phenoxy) is 1. The van der Waals surface area contributed by atoms with Gasteiger partial charge in [-0.15, -0.1) is 0 Å². The van der Waals surface area contributed by atoms with Crippen molar-refractivity contribution in [2.24, 2.45) is 0 Å². The summed E-state index contributed by atoms with van der Waals surface area (Å²) < 4.78 is 11.6. The molecule has 0 N–H and O–H groups in total. The second-order valence-corrected chi connectivity index (χ2v) is 8.89. The third-order valence-electron chi connectivity index (χ3n) is 5.75. The quantitative estimate of drug-likeness (QED) is 0.513. The summed E-state index contributed by atoms with van der Waals surface area (Å²) in [7, 11) is 0. The van der Waals surface area contributed by atoms with Crippen LogP contribution >= 0.6 is 0 Å². The maximum Gasteiger partial charge on any atom is 0.411 e. The highest BCUT2D eigenvalue weighted by molar-refractivity contribution is 6.05. The molecule has 5 rings (SSSR count). The predicted molar refractivity (Wildman–Crippen MR) is 111 cm³/mol. The van der Waals surface area contributed by atoms with E-state index < -0.39 is 5.60 Å². The van der Waals surface area contributed by atoms with Gasteiger partial charge in [0.15, 0.2) is 0 Å². The van der Waals surface area contributed by atoms with E-state index in [4.69, 9.17) is 9.15 Å². The van der Waals surface area contributed by atoms with Crippen molar-refractivity contribution in [3.63, 3.8) is 0 Å². The normalized spacial score (nSPS) is 22.0. The van der Waals surface area contributed by atoms with Gasteiger partial charge in [0.05, 0.1) is 6.04 Å². The molecule has 1 fully saturated rings. The molecule has 4 nitrogen and oxygen atoms in total. The van der Waals surface area contributed by atoms with Crippen LogP contribution in [-0.2, 0) is 4.74 Å². The van der Waals surface area contributed by atoms with Gasteiger partial charge in [-0.2, -0.15) is 0 Å². The van der Waals surface area contributed by atoms with Gasteiger partial charge in [0.1, 0.15) is 16.8 Å². The van der Waals surface area contributed by atoms with Crippen molar-refractivity contribution in [2.75, 3.05) is 0 Å². The maximum absolute atomic E-state index is 12.7. The average molecular weight is 375 g/mol. The second-order valence-electron chi connectivity index (χ2n) is 8.89. The molecule has 144 valence electrons. The van der Waals surface area contributed by atoms with Gasteiger partial charge >= 0.3 is 6.09 Å². The molecule has 3 aromatic rings. The Kier molecular flexibility index (Phi) is 3.80. The number of hydrogen-bond acceptors (Lipinski definition) is 3. The first-order valence-electron chi connectivity index (χ1n) is 10.0. The lowest BCUT2D eigenvalue weighted by Crippen LogP contribution is -2.45. The van der Waals surface area contributed by atoms with Crippen molar-refractivity contribution in [3.8, 4) is 0 Å². The number of nitrogens with zero attached hydrogens (tertiary/aromatic N) is 1. The summed E-state index contributed by atoms with van der Waals surface area (Å²) in [6.45, 7) is 5.76. The van der Waals surface area contributed by atoms with Crippen LogP contribution in [0.3, 0.4) is 0 Å². The van der Waals surface area contributed by atoms with Gasteiger partial charge in [-0.25, -0.2) is 4.79 Å². The smallest absolute Gasteiger partial charge is 0.411 e. The van der Waals surface area contributed by atoms with E-state index in [9.17, 15) is 4.79 Å². The van der Waals surface area contributed by atoms with Crippen molar-refractivity contribution in [1.82, 2.24) is 4.90 Å². The highest BCUT2D eigenvalue weighted by atomic mass is 16.6. The number of furan rings is 1. The van der Waals surface area contributed by atoms with Gasteiger partial charge in [0.2, 0.25) is 0 Å². The SMILES string of the molecule is CC(C)(C)OC(=O)N1C2C=C(c3ccc4oc5ccccc5c4c3)CC1CC2. The molecule has 0 spiro atoms. The Bertz CT molecular complexity index is 1100. The summed E-state index contributed by atoms with van der Waals surface area (Å²) in [6, 6.07) is 14.9. The molecule has 1 amide bonds. The van der Waals surface area contributed by atoms with Gasteiger partial charge in [0.25, 0.3) is 0 Å². The highest BCUT2D eigenvalue weighted by Crippen LogP contribution is 2.40. The third-order valence-corrected chi connectivity index (χ3v) is 5.75. The topological polar surface area (TPSA) is 42.7 Å². The fourth-order valence-electron chi connectivity index (χ4n) is 4.57. The summed E-state index contributed by atoms with van der Waals surface area (Å²) in [5.41, 5.74) is 3.91. The zero-order valence-corrected chi connectivity index (χ0v) is 16.6. The first-order valence-corrected chi connectivity index (χ1v) is 10.0. The number of carbonyl (C=O) groups is 1. The first-order chi connectivity index (χ1) is 13.4. The van der Waals surface area contributed by atoms with Crippen molar-refractivity contribution in [2.45, 2.75) is 57.7 Å². The van der Waals surface area contributed by atoms with Crippen LogP contribution in [-0.4, -0.2) is 28.7 Å². The first kappa shape index (κ1) is 17.4. The van der Waals surface area contributed by atoms with E-state index in [0.29, 0.717) is 0 Å². The Balaban J connectivity index is 1.49. The predicted octanol–water partition coefficient (Wildman–Crippen LogP) is 6.14. The van der Waals surface area contributed by atoms with Crippen LogP contribution in [0.25, 0.3) is 27.5 Å². The molecule has 2 atom stereocenters. The van der Waals surface area contributed by atoms with Gasteiger partial charge in [0, 0.05) is 16.8 Å². The minimum absolute atomic E-state index is 0.125. The van der Waals surface area contributed by atoms with Gasteiger partial charge < -0.3 is 9.15 Å². The molecule has 2 bridgehead atoms. The molecule has 2 unspecified atom stereocenters. The number of para-hydroxylation sites is 1. The lowest BCUT2D eigenvalue weighted by Gasteiger charge is -2.35. The molecule has 2 aliphatic rings. The lowest BCUT2D eigenvalue weighted by molar-refractivity contribution is 0.0175. The summed E-state index contributed by atoms with van der Waals surface area (Å²) in [4.78, 5) is 14.6. The van der Waals surface area contributed by atoms with E-state index >= 15 is 0 Å². The number of amides is 1. The molecular weight excluding hydrogens is 350 g/mol. The van der Waals surface area contributed by atoms with Crippen LogP contribution in [0, 0.1) is 0 Å². The van der Waals surface area contributed by atoms with Crippen LogP contribution in [0.1, 0.15) is 45.6 Å². The third kappa shape index (κ3) is 2.88. The zero-order valence-electron chi connectivity index (χ0n) is 16.6. The van der Waals surface area contributed by atoms with Crippen LogP contribution in [0.5, 0.6) is 0 Å². The van der Waals surface area contributed by atoms with Crippen LogP contribution < -0.4 is 0 Å². The van der Waals surface area contributed by atoms with E-state index in [1.54, 1.807) is 0 Å². The minimum atomic E-state index is -0.464. The monoisotopic (exact) mass is 375 g/mol. The molecule has 3 heterocycles. The summed E-state index contributed by atoms with van der Waals surface area (Å²) in [5.74, 6) is 0. The Hall–Kier alpha value is -2.75. The molecular formula is C24H25NO3. The number of carbonyl (C=O) groups excluding carboxylic acids is 1. The molecule has 1 aromatic heterocycles. The number of hydrogen-bond donors (Lipinski definition) is 0. The molecule has 2 aromatic carbocycles. The summed E-state index contributed by atoms with van der Waals surface area (Å²) in [6.07, 6.45) is 4.98. The second kappa shape index (κ2) is 6.13. The number of benzene rings is 2. The summed E-state index contributed by atoms with van der Waals surface area (Å²) in [5, 5.41) is 2.30. The number of rotatable bonds is 1. The molecule has 4 heteroatoms. The average Bonchev–Trinajstić information content (AvgIpc) is 3.14. The number of fused-ring (bicyclic) bond motifs is 5. The molecule has 0 saturated carbocycles. The van der Waals surface area contributed by atoms with Crippen LogP contribution in [0.2, 0.25) is 0 Å². The zero-order chi connectivity index (χ0) is 19.5. The summed E-state index contributed by atoms with van der Waals surface area (Å²) >= 11 is 0. The molecule has 0 aliphatic carbocycles. The Labute approximate surface area is 164 Å². The Morgan fingerprint density at radius 3 is 2.64 bits per heavy atom. The minimum Gasteiger partial charge on any atom is -0.456 e. The molecule has 0 radical (unpaired) electrons. The molecule has 1 saturated heterocycles. The van der Waals surface area contributed by atoms with Gasteiger partial charge in [-0.1, -0.05) is 30.3 Å². The lowest BCUT2D eigenvalue weighted by atomic mass is 9.94. The van der Waals surface area contributed by atoms with E-state index in [-0.39, 0.29) is 18.2 Å². The van der Waals surface area contributed by atoms with E-state index in [2.05, 4.69) is 30.3 Å². The van der Waals surface area contributed by atoms with Crippen molar-refractivity contribution in [1.29, 1.82) is 0 Å². The maximum atomic E-state index is 12.7. The van der Waals surface area contributed by atoms with E-state index in [1.807, 2.05) is 43.9 Å². The molecule has 2 aliphatic heterocycles. The van der Waals surface area contributed by atoms with Crippen molar-refractivity contribution >= 4 is 33.6 Å². The van der Waals surface area contributed by atoms with Crippen LogP contribution in [0.15, 0.2) is 53.0 Å². The Morgan fingerprint density at radius 2 is 1.86 bits per heavy atom. The van der Waals surface area contributed by atoms with E-state index in [1.165, 1.54) is 11.1 Å². The molecule has 28 heavy (non-hydrogen) atoms. The van der Waals surface area contributed by atoms with Gasteiger partial charge in [-0.3, -0.25) is 4.90 Å². The van der Waals surface area contributed by atoms with Crippen molar-refractivity contribution in [3.05, 3.63) is 54.1 Å². The largest absolute Gasteiger partial charge is 0.456 e. The fraction of sp³-hybridized carbons (Fsp3) is 0.375.